The van der Waals surface area contributed by atoms with Gasteiger partial charge in [0.2, 0.25) is 11.8 Å². The highest BCUT2D eigenvalue weighted by molar-refractivity contribution is 6.22. The maximum Gasteiger partial charge on any atom is 0.307 e. The molecule has 110 valence electrons. The number of anilines is 1. The van der Waals surface area contributed by atoms with Gasteiger partial charge < -0.3 is 5.11 Å². The Kier molecular flexibility index (Phi) is 3.27. The monoisotopic (exact) mass is 287 g/mol. The van der Waals surface area contributed by atoms with E-state index in [1.165, 1.54) is 4.90 Å². The largest absolute Gasteiger partial charge is 0.481 e. The summed E-state index contributed by atoms with van der Waals surface area (Å²) < 4.78 is 0. The van der Waals surface area contributed by atoms with E-state index >= 15 is 0 Å². The second kappa shape index (κ2) is 4.98. The van der Waals surface area contributed by atoms with Gasteiger partial charge in [-0.1, -0.05) is 25.0 Å². The van der Waals surface area contributed by atoms with Crippen molar-refractivity contribution in [2.45, 2.75) is 38.5 Å². The van der Waals surface area contributed by atoms with E-state index < -0.39 is 11.4 Å². The van der Waals surface area contributed by atoms with Crippen LogP contribution in [0.2, 0.25) is 0 Å². The molecule has 0 unspecified atom stereocenters. The average Bonchev–Trinajstić information content (AvgIpc) is 2.98. The fraction of sp³-hybridized carbons (Fsp3) is 0.438. The minimum Gasteiger partial charge on any atom is -0.481 e. The third kappa shape index (κ3) is 2.33. The number of rotatable bonds is 3. The van der Waals surface area contributed by atoms with Crippen molar-refractivity contribution in [2.24, 2.45) is 5.41 Å². The predicted molar refractivity (Wildman–Crippen MR) is 75.8 cm³/mol. The van der Waals surface area contributed by atoms with Gasteiger partial charge in [-0.3, -0.25) is 19.3 Å². The summed E-state index contributed by atoms with van der Waals surface area (Å²) in [5.74, 6) is -1.13. The number of amides is 2. The Labute approximate surface area is 122 Å². The van der Waals surface area contributed by atoms with Crippen molar-refractivity contribution in [3.05, 3.63) is 29.8 Å². The molecule has 1 saturated heterocycles. The second-order valence-corrected chi connectivity index (χ2v) is 5.94. The Balaban J connectivity index is 1.85. The summed E-state index contributed by atoms with van der Waals surface area (Å²) in [6.07, 6.45) is 3.85. The van der Waals surface area contributed by atoms with Crippen LogP contribution in [-0.2, 0) is 20.8 Å². The molecule has 2 aliphatic rings. The fourth-order valence-corrected chi connectivity index (χ4v) is 3.44. The molecule has 5 heteroatoms. The zero-order valence-corrected chi connectivity index (χ0v) is 11.7. The van der Waals surface area contributed by atoms with Crippen molar-refractivity contribution in [2.75, 3.05) is 4.90 Å². The Morgan fingerprint density at radius 1 is 1.14 bits per heavy atom. The first-order valence-electron chi connectivity index (χ1n) is 7.20. The molecule has 2 fully saturated rings. The van der Waals surface area contributed by atoms with Gasteiger partial charge in [0.1, 0.15) is 0 Å². The number of benzene rings is 1. The van der Waals surface area contributed by atoms with Crippen LogP contribution in [0.4, 0.5) is 5.69 Å². The molecule has 1 N–H and O–H groups in total. The zero-order valence-electron chi connectivity index (χ0n) is 11.7. The maximum absolute atomic E-state index is 12.6. The van der Waals surface area contributed by atoms with Crippen LogP contribution in [0.3, 0.4) is 0 Å². The molecule has 1 aliphatic heterocycles. The number of carboxylic acid groups (broad SMARTS) is 1. The maximum atomic E-state index is 12.6. The zero-order chi connectivity index (χ0) is 15.0. The number of nitrogens with zero attached hydrogens (tertiary/aromatic N) is 1. The molecule has 1 saturated carbocycles. The minimum absolute atomic E-state index is 0.0634. The molecule has 21 heavy (non-hydrogen) atoms. The molecular formula is C16H17NO4. The van der Waals surface area contributed by atoms with Crippen LogP contribution < -0.4 is 4.90 Å². The van der Waals surface area contributed by atoms with E-state index in [-0.39, 0.29) is 18.2 Å². The summed E-state index contributed by atoms with van der Waals surface area (Å²) in [5.41, 5.74) is 0.723. The van der Waals surface area contributed by atoms with E-state index in [2.05, 4.69) is 0 Å². The minimum atomic E-state index is -0.902. The number of aliphatic carboxylic acids is 1. The second-order valence-electron chi connectivity index (χ2n) is 5.94. The Bertz CT molecular complexity index is 599. The Morgan fingerprint density at radius 3 is 2.33 bits per heavy atom. The number of hydrogen-bond acceptors (Lipinski definition) is 3. The summed E-state index contributed by atoms with van der Waals surface area (Å²) in [6, 6.07) is 6.62. The van der Waals surface area contributed by atoms with Crippen molar-refractivity contribution >= 4 is 23.5 Å². The third-order valence-electron chi connectivity index (χ3n) is 4.51. The normalized spacial score (nSPS) is 20.5. The molecule has 0 atom stereocenters. The molecule has 3 rings (SSSR count). The molecule has 2 amide bonds. The number of hydrogen-bond donors (Lipinski definition) is 1. The highest BCUT2D eigenvalue weighted by Gasteiger charge is 2.52. The Hall–Kier alpha value is -2.17. The number of carbonyl (C=O) groups is 3. The Morgan fingerprint density at radius 2 is 1.76 bits per heavy atom. The summed E-state index contributed by atoms with van der Waals surface area (Å²) in [5, 5.41) is 8.75. The molecule has 0 bridgehead atoms. The van der Waals surface area contributed by atoms with Gasteiger partial charge in [-0.15, -0.1) is 0 Å². The van der Waals surface area contributed by atoms with Crippen LogP contribution in [0.5, 0.6) is 0 Å². The third-order valence-corrected chi connectivity index (χ3v) is 4.51. The number of imide groups is 1. The van der Waals surface area contributed by atoms with Gasteiger partial charge in [-0.25, -0.2) is 0 Å². The lowest BCUT2D eigenvalue weighted by Crippen LogP contribution is -2.34. The molecule has 1 aromatic rings. The van der Waals surface area contributed by atoms with Crippen molar-refractivity contribution in [3.63, 3.8) is 0 Å². The first-order chi connectivity index (χ1) is 10.0. The first-order valence-corrected chi connectivity index (χ1v) is 7.20. The van der Waals surface area contributed by atoms with E-state index in [0.717, 1.165) is 25.7 Å². The van der Waals surface area contributed by atoms with Crippen LogP contribution in [-0.4, -0.2) is 22.9 Å². The van der Waals surface area contributed by atoms with Gasteiger partial charge in [-0.2, -0.15) is 0 Å². The van der Waals surface area contributed by atoms with Crippen LogP contribution >= 0.6 is 0 Å². The SMILES string of the molecule is O=C(O)Cc1ccc(N2C(=O)CC3(CCCC3)C2=O)cc1. The van der Waals surface area contributed by atoms with Gasteiger partial charge in [-0.05, 0) is 30.5 Å². The summed E-state index contributed by atoms with van der Waals surface area (Å²) in [6.45, 7) is 0. The molecule has 0 aromatic heterocycles. The lowest BCUT2D eigenvalue weighted by atomic mass is 9.84. The van der Waals surface area contributed by atoms with E-state index in [4.69, 9.17) is 5.11 Å². The summed E-state index contributed by atoms with van der Waals surface area (Å²) >= 11 is 0. The molecule has 5 nitrogen and oxygen atoms in total. The number of carbonyl (C=O) groups excluding carboxylic acids is 2. The van der Waals surface area contributed by atoms with E-state index in [1.54, 1.807) is 24.3 Å². The molecule has 1 spiro atoms. The van der Waals surface area contributed by atoms with Crippen molar-refractivity contribution in [1.82, 2.24) is 0 Å². The van der Waals surface area contributed by atoms with E-state index in [1.807, 2.05) is 0 Å². The topological polar surface area (TPSA) is 74.7 Å². The van der Waals surface area contributed by atoms with Gasteiger partial charge in [0.25, 0.3) is 0 Å². The summed E-state index contributed by atoms with van der Waals surface area (Å²) in [7, 11) is 0. The van der Waals surface area contributed by atoms with Crippen LogP contribution in [0.15, 0.2) is 24.3 Å². The van der Waals surface area contributed by atoms with E-state index in [9.17, 15) is 14.4 Å². The van der Waals surface area contributed by atoms with E-state index in [0.29, 0.717) is 17.7 Å². The highest BCUT2D eigenvalue weighted by Crippen LogP contribution is 2.47. The predicted octanol–water partition coefficient (Wildman–Crippen LogP) is 2.14. The smallest absolute Gasteiger partial charge is 0.307 e. The molecule has 1 aliphatic carbocycles. The molecule has 0 radical (unpaired) electrons. The molecular weight excluding hydrogens is 270 g/mol. The lowest BCUT2D eigenvalue weighted by molar-refractivity contribution is -0.136. The van der Waals surface area contributed by atoms with Crippen molar-refractivity contribution in [1.29, 1.82) is 0 Å². The highest BCUT2D eigenvalue weighted by atomic mass is 16.4. The fourth-order valence-electron chi connectivity index (χ4n) is 3.44. The van der Waals surface area contributed by atoms with Gasteiger partial charge >= 0.3 is 5.97 Å². The standard InChI is InChI=1S/C16H17NO4/c18-13-10-16(7-1-2-8-16)15(21)17(13)12-5-3-11(4-6-12)9-14(19)20/h3-6H,1-2,7-10H2,(H,19,20). The van der Waals surface area contributed by atoms with Gasteiger partial charge in [0.05, 0.1) is 17.5 Å². The van der Waals surface area contributed by atoms with Crippen LogP contribution in [0.1, 0.15) is 37.7 Å². The van der Waals surface area contributed by atoms with Gasteiger partial charge in [0.15, 0.2) is 0 Å². The summed E-state index contributed by atoms with van der Waals surface area (Å²) in [4.78, 5) is 36.8. The van der Waals surface area contributed by atoms with Crippen LogP contribution in [0, 0.1) is 5.41 Å². The number of carboxylic acids is 1. The molecule has 1 heterocycles. The van der Waals surface area contributed by atoms with Crippen molar-refractivity contribution < 1.29 is 19.5 Å². The average molecular weight is 287 g/mol. The van der Waals surface area contributed by atoms with Crippen LogP contribution in [0.25, 0.3) is 0 Å². The quantitative estimate of drug-likeness (QED) is 0.864. The van der Waals surface area contributed by atoms with Gasteiger partial charge in [0, 0.05) is 6.42 Å². The molecule has 1 aromatic carbocycles. The van der Waals surface area contributed by atoms with Crippen molar-refractivity contribution in [3.8, 4) is 0 Å². The lowest BCUT2D eigenvalue weighted by Gasteiger charge is -2.21. The first kappa shape index (κ1) is 13.8.